The smallest absolute Gasteiger partial charge is 0.185 e. The van der Waals surface area contributed by atoms with Gasteiger partial charge in [-0.25, -0.2) is 17.6 Å². The zero-order valence-corrected chi connectivity index (χ0v) is 9.50. The molecular weight excluding hydrogens is 222 g/mol. The maximum atomic E-state index is 12.6. The molecule has 5 heteroatoms. The molecule has 1 nitrogen and oxygen atoms in total. The first kappa shape index (κ1) is 16.9. The van der Waals surface area contributed by atoms with Crippen LogP contribution in [0.1, 0.15) is 19.4 Å². The van der Waals surface area contributed by atoms with E-state index < -0.39 is 34.5 Å². The second kappa shape index (κ2) is 7.73. The molecule has 1 rings (SSSR count). The van der Waals surface area contributed by atoms with E-state index in [-0.39, 0.29) is 0 Å². The molecule has 0 atom stereocenters. The van der Waals surface area contributed by atoms with Gasteiger partial charge in [-0.1, -0.05) is 13.8 Å². The summed E-state index contributed by atoms with van der Waals surface area (Å²) in [5.74, 6) is -6.00. The van der Waals surface area contributed by atoms with Crippen molar-refractivity contribution in [3.05, 3.63) is 42.0 Å². The van der Waals surface area contributed by atoms with E-state index in [1.165, 1.54) is 0 Å². The number of hydrogen-bond donors (Lipinski definition) is 1. The molecule has 0 unspecified atom stereocenters. The van der Waals surface area contributed by atoms with Crippen LogP contribution in [0.3, 0.4) is 0 Å². The van der Waals surface area contributed by atoms with Crippen molar-refractivity contribution in [2.75, 3.05) is 5.73 Å². The highest BCUT2D eigenvalue weighted by Crippen LogP contribution is 2.24. The number of anilines is 1. The molecule has 0 fully saturated rings. The minimum absolute atomic E-state index is 0.709. The van der Waals surface area contributed by atoms with Crippen LogP contribution in [0.5, 0.6) is 0 Å². The Hall–Kier alpha value is -1.52. The molecule has 92 valence electrons. The molecule has 0 saturated carbocycles. The fourth-order valence-corrected chi connectivity index (χ4v) is 0.758. The van der Waals surface area contributed by atoms with Gasteiger partial charge in [0.05, 0.1) is 0 Å². The Morgan fingerprint density at radius 2 is 1.06 bits per heavy atom. The van der Waals surface area contributed by atoms with Crippen LogP contribution in [0.4, 0.5) is 23.2 Å². The quantitative estimate of drug-likeness (QED) is 0.314. The minimum atomic E-state index is -1.55. The summed E-state index contributed by atoms with van der Waals surface area (Å²) in [6, 6.07) is 0. The second-order valence-electron chi connectivity index (χ2n) is 2.29. The summed E-state index contributed by atoms with van der Waals surface area (Å²) in [6.45, 7) is 10.9. The summed E-state index contributed by atoms with van der Waals surface area (Å²) < 4.78 is 50.2. The highest BCUT2D eigenvalue weighted by molar-refractivity contribution is 5.44. The van der Waals surface area contributed by atoms with Crippen molar-refractivity contribution in [1.29, 1.82) is 0 Å². The van der Waals surface area contributed by atoms with E-state index in [0.29, 0.717) is 0 Å². The maximum absolute atomic E-state index is 12.6. The molecule has 0 heterocycles. The molecule has 0 aromatic heterocycles. The molecular formula is C11H15F4N. The van der Waals surface area contributed by atoms with Crippen LogP contribution in [-0.4, -0.2) is 0 Å². The standard InChI is InChI=1S/C7H5F4N.C2H6.C2H4/c1-2-3(8)5(10)7(12)6(11)4(2)9;2*1-2/h12H2,1H3;1-2H3;1-2H2. The van der Waals surface area contributed by atoms with Crippen LogP contribution in [0.15, 0.2) is 13.2 Å². The highest BCUT2D eigenvalue weighted by Gasteiger charge is 2.20. The van der Waals surface area contributed by atoms with Gasteiger partial charge in [0.25, 0.3) is 0 Å². The Morgan fingerprint density at radius 1 is 0.812 bits per heavy atom. The van der Waals surface area contributed by atoms with Gasteiger partial charge in [-0.05, 0) is 6.92 Å². The van der Waals surface area contributed by atoms with Gasteiger partial charge in [0.15, 0.2) is 23.3 Å². The Morgan fingerprint density at radius 3 is 1.31 bits per heavy atom. The minimum Gasteiger partial charge on any atom is -0.394 e. The summed E-state index contributed by atoms with van der Waals surface area (Å²) >= 11 is 0. The van der Waals surface area contributed by atoms with Crippen LogP contribution in [0, 0.1) is 30.2 Å². The summed E-state index contributed by atoms with van der Waals surface area (Å²) in [4.78, 5) is 0. The van der Waals surface area contributed by atoms with Gasteiger partial charge in [-0.15, -0.1) is 13.2 Å². The Kier molecular flexibility index (Phi) is 8.16. The number of nitrogen functional groups attached to an aromatic ring is 1. The lowest BCUT2D eigenvalue weighted by Gasteiger charge is -2.04. The van der Waals surface area contributed by atoms with Crippen molar-refractivity contribution in [3.8, 4) is 0 Å². The van der Waals surface area contributed by atoms with Gasteiger partial charge in [0, 0.05) is 5.56 Å². The SMILES string of the molecule is C=C.CC.Cc1c(F)c(F)c(N)c(F)c1F. The van der Waals surface area contributed by atoms with Crippen LogP contribution in [-0.2, 0) is 0 Å². The molecule has 16 heavy (non-hydrogen) atoms. The Labute approximate surface area is 92.6 Å². The van der Waals surface area contributed by atoms with Gasteiger partial charge in [0.2, 0.25) is 0 Å². The van der Waals surface area contributed by atoms with Crippen LogP contribution < -0.4 is 5.73 Å². The topological polar surface area (TPSA) is 26.0 Å². The highest BCUT2D eigenvalue weighted by atomic mass is 19.2. The third-order valence-corrected chi connectivity index (χ3v) is 1.52. The van der Waals surface area contributed by atoms with Gasteiger partial charge < -0.3 is 5.73 Å². The Bertz CT molecular complexity index is 245. The molecule has 1 aromatic carbocycles. The third kappa shape index (κ3) is 3.25. The van der Waals surface area contributed by atoms with Gasteiger partial charge in [-0.3, -0.25) is 0 Å². The molecule has 0 aliphatic rings. The van der Waals surface area contributed by atoms with Crippen molar-refractivity contribution in [2.24, 2.45) is 0 Å². The zero-order valence-electron chi connectivity index (χ0n) is 9.50. The van der Waals surface area contributed by atoms with Gasteiger partial charge in [0.1, 0.15) is 5.69 Å². The van der Waals surface area contributed by atoms with Crippen LogP contribution >= 0.6 is 0 Å². The maximum Gasteiger partial charge on any atom is 0.185 e. The van der Waals surface area contributed by atoms with Crippen molar-refractivity contribution < 1.29 is 17.6 Å². The molecule has 0 amide bonds. The number of benzene rings is 1. The van der Waals surface area contributed by atoms with E-state index >= 15 is 0 Å². The number of rotatable bonds is 0. The number of halogens is 4. The first-order chi connectivity index (χ1) is 7.46. The predicted molar refractivity (Wildman–Crippen MR) is 58.0 cm³/mol. The van der Waals surface area contributed by atoms with Crippen molar-refractivity contribution >= 4 is 5.69 Å². The van der Waals surface area contributed by atoms with E-state index in [1.807, 2.05) is 13.8 Å². The van der Waals surface area contributed by atoms with E-state index in [2.05, 4.69) is 13.2 Å². The van der Waals surface area contributed by atoms with E-state index in [1.54, 1.807) is 0 Å². The first-order valence-electron chi connectivity index (χ1n) is 4.54. The summed E-state index contributed by atoms with van der Waals surface area (Å²) in [6.07, 6.45) is 0. The zero-order chi connectivity index (χ0) is 13.5. The number of hydrogen-bond acceptors (Lipinski definition) is 1. The molecule has 0 aliphatic carbocycles. The van der Waals surface area contributed by atoms with Crippen LogP contribution in [0.2, 0.25) is 0 Å². The fourth-order valence-electron chi connectivity index (χ4n) is 0.758. The molecule has 0 bridgehead atoms. The fraction of sp³-hybridized carbons (Fsp3) is 0.273. The third-order valence-electron chi connectivity index (χ3n) is 1.52. The predicted octanol–water partition coefficient (Wildman–Crippen LogP) is 3.96. The largest absolute Gasteiger partial charge is 0.394 e. The average molecular weight is 237 g/mol. The van der Waals surface area contributed by atoms with Crippen LogP contribution in [0.25, 0.3) is 0 Å². The molecule has 0 aliphatic heterocycles. The molecule has 0 saturated heterocycles. The van der Waals surface area contributed by atoms with E-state index in [0.717, 1.165) is 6.92 Å². The summed E-state index contributed by atoms with van der Waals surface area (Å²) in [7, 11) is 0. The van der Waals surface area contributed by atoms with E-state index in [9.17, 15) is 17.6 Å². The van der Waals surface area contributed by atoms with Crippen molar-refractivity contribution in [3.63, 3.8) is 0 Å². The Balaban J connectivity index is 0. The lowest BCUT2D eigenvalue weighted by Crippen LogP contribution is -2.05. The molecule has 2 N–H and O–H groups in total. The molecule has 1 aromatic rings. The normalized spacial score (nSPS) is 8.44. The molecule has 0 radical (unpaired) electrons. The number of nitrogens with two attached hydrogens (primary N) is 1. The molecule has 0 spiro atoms. The first-order valence-corrected chi connectivity index (χ1v) is 4.54. The van der Waals surface area contributed by atoms with Crippen molar-refractivity contribution in [2.45, 2.75) is 20.8 Å². The lowest BCUT2D eigenvalue weighted by atomic mass is 10.2. The van der Waals surface area contributed by atoms with E-state index in [4.69, 9.17) is 5.73 Å². The lowest BCUT2D eigenvalue weighted by molar-refractivity contribution is 0.451. The summed E-state index contributed by atoms with van der Waals surface area (Å²) in [5.41, 5.74) is 2.88. The summed E-state index contributed by atoms with van der Waals surface area (Å²) in [5, 5.41) is 0. The second-order valence-corrected chi connectivity index (χ2v) is 2.29. The van der Waals surface area contributed by atoms with Gasteiger partial charge in [-0.2, -0.15) is 0 Å². The monoisotopic (exact) mass is 237 g/mol. The van der Waals surface area contributed by atoms with Crippen molar-refractivity contribution in [1.82, 2.24) is 0 Å². The van der Waals surface area contributed by atoms with Gasteiger partial charge >= 0.3 is 0 Å². The average Bonchev–Trinajstić information content (AvgIpc) is 2.36.